The van der Waals surface area contributed by atoms with Gasteiger partial charge >= 0.3 is 5.97 Å². The average Bonchev–Trinajstić information content (AvgIpc) is 2.78. The molecule has 0 saturated carbocycles. The summed E-state index contributed by atoms with van der Waals surface area (Å²) in [6, 6.07) is 21.6. The molecule has 5 heteroatoms. The summed E-state index contributed by atoms with van der Waals surface area (Å²) in [5, 5.41) is 10.4. The van der Waals surface area contributed by atoms with Gasteiger partial charge in [0.05, 0.1) is 23.9 Å². The Morgan fingerprint density at radius 3 is 2.17 bits per heavy atom. The van der Waals surface area contributed by atoms with Crippen molar-refractivity contribution in [2.75, 3.05) is 7.11 Å². The second kappa shape index (κ2) is 7.79. The van der Waals surface area contributed by atoms with E-state index in [0.717, 1.165) is 16.7 Å². The molecule has 148 valence electrons. The maximum atomic E-state index is 12.0. The maximum Gasteiger partial charge on any atom is 0.336 e. The molecule has 0 fully saturated rings. The number of Topliss-reactive ketones (excluding diaryl/α,β-unsaturated/α-hetero) is 1. The van der Waals surface area contributed by atoms with Crippen LogP contribution < -0.4 is 4.74 Å². The van der Waals surface area contributed by atoms with Gasteiger partial charge in [0.25, 0.3) is 0 Å². The highest BCUT2D eigenvalue weighted by atomic mass is 16.5. The molecule has 30 heavy (non-hydrogen) atoms. The van der Waals surface area contributed by atoms with Crippen LogP contribution in [0.2, 0.25) is 0 Å². The number of carbonyl (C=O) groups excluding carboxylic acids is 1. The smallest absolute Gasteiger partial charge is 0.336 e. The van der Waals surface area contributed by atoms with Gasteiger partial charge in [0.1, 0.15) is 5.75 Å². The second-order valence-corrected chi connectivity index (χ2v) is 6.92. The van der Waals surface area contributed by atoms with Gasteiger partial charge in [-0.3, -0.25) is 4.79 Å². The van der Waals surface area contributed by atoms with Gasteiger partial charge in [-0.05, 0) is 42.8 Å². The van der Waals surface area contributed by atoms with E-state index in [1.807, 2.05) is 48.5 Å². The molecule has 0 spiro atoms. The van der Waals surface area contributed by atoms with E-state index in [0.29, 0.717) is 27.9 Å². The summed E-state index contributed by atoms with van der Waals surface area (Å²) in [6.07, 6.45) is 0. The fraction of sp³-hybridized carbons (Fsp3) is 0.0800. The van der Waals surface area contributed by atoms with Crippen molar-refractivity contribution in [3.63, 3.8) is 0 Å². The van der Waals surface area contributed by atoms with Crippen molar-refractivity contribution >= 4 is 22.7 Å². The Morgan fingerprint density at radius 2 is 1.57 bits per heavy atom. The number of methoxy groups -OCH3 is 1. The molecule has 4 rings (SSSR count). The first-order valence-corrected chi connectivity index (χ1v) is 9.41. The fourth-order valence-corrected chi connectivity index (χ4v) is 3.45. The first-order valence-electron chi connectivity index (χ1n) is 9.41. The van der Waals surface area contributed by atoms with Crippen molar-refractivity contribution in [2.24, 2.45) is 0 Å². The number of pyridine rings is 1. The van der Waals surface area contributed by atoms with Crippen molar-refractivity contribution in [1.29, 1.82) is 0 Å². The van der Waals surface area contributed by atoms with Gasteiger partial charge < -0.3 is 9.84 Å². The molecule has 0 bridgehead atoms. The van der Waals surface area contributed by atoms with Crippen molar-refractivity contribution in [3.8, 4) is 28.1 Å². The van der Waals surface area contributed by atoms with Crippen LogP contribution in [0.3, 0.4) is 0 Å². The summed E-state index contributed by atoms with van der Waals surface area (Å²) in [4.78, 5) is 28.4. The highest BCUT2D eigenvalue weighted by Gasteiger charge is 2.16. The van der Waals surface area contributed by atoms with Crippen LogP contribution in [0.5, 0.6) is 5.75 Å². The number of hydrogen-bond donors (Lipinski definition) is 1. The fourth-order valence-electron chi connectivity index (χ4n) is 3.45. The van der Waals surface area contributed by atoms with Crippen LogP contribution in [-0.4, -0.2) is 29.0 Å². The number of para-hydroxylation sites is 1. The Kier molecular flexibility index (Phi) is 5.02. The number of aromatic nitrogens is 1. The normalized spacial score (nSPS) is 10.7. The third-order valence-corrected chi connectivity index (χ3v) is 5.06. The number of carboxylic acid groups (broad SMARTS) is 1. The molecule has 1 aromatic heterocycles. The van der Waals surface area contributed by atoms with Crippen molar-refractivity contribution in [3.05, 3.63) is 83.9 Å². The number of aromatic carboxylic acids is 1. The first kappa shape index (κ1) is 19.3. The molecule has 0 saturated heterocycles. The van der Waals surface area contributed by atoms with Crippen molar-refractivity contribution in [2.45, 2.75) is 6.92 Å². The van der Waals surface area contributed by atoms with Gasteiger partial charge in [-0.1, -0.05) is 42.5 Å². The second-order valence-electron chi connectivity index (χ2n) is 6.92. The molecule has 0 amide bonds. The largest absolute Gasteiger partial charge is 0.497 e. The van der Waals surface area contributed by atoms with Crippen LogP contribution in [0.1, 0.15) is 27.6 Å². The van der Waals surface area contributed by atoms with Crippen molar-refractivity contribution < 1.29 is 19.4 Å². The lowest BCUT2D eigenvalue weighted by molar-refractivity contribution is 0.0698. The lowest BCUT2D eigenvalue weighted by atomic mass is 9.97. The average molecular weight is 397 g/mol. The van der Waals surface area contributed by atoms with E-state index in [1.165, 1.54) is 6.92 Å². The summed E-state index contributed by atoms with van der Waals surface area (Å²) in [7, 11) is 1.59. The minimum atomic E-state index is -1.01. The third-order valence-electron chi connectivity index (χ3n) is 5.06. The Morgan fingerprint density at radius 1 is 0.900 bits per heavy atom. The number of rotatable bonds is 5. The Balaban J connectivity index is 1.94. The lowest BCUT2D eigenvalue weighted by Crippen LogP contribution is -2.01. The van der Waals surface area contributed by atoms with Gasteiger partial charge in [-0.2, -0.15) is 0 Å². The van der Waals surface area contributed by atoms with E-state index in [9.17, 15) is 14.7 Å². The summed E-state index contributed by atoms with van der Waals surface area (Å²) < 4.78 is 5.20. The van der Waals surface area contributed by atoms with Crippen LogP contribution in [0.4, 0.5) is 0 Å². The van der Waals surface area contributed by atoms with Crippen molar-refractivity contribution in [1.82, 2.24) is 4.98 Å². The molecular weight excluding hydrogens is 378 g/mol. The Labute approximate surface area is 173 Å². The quantitative estimate of drug-likeness (QED) is 0.451. The first-order chi connectivity index (χ1) is 14.5. The Hall–Kier alpha value is -3.99. The SMILES string of the molecule is COc1ccc(-c2cc(C(=O)O)c3cccc(-c4ccc(C(C)=O)cc4)c3n2)cc1. The number of nitrogens with zero attached hydrogens (tertiary/aromatic N) is 1. The van der Waals surface area contributed by atoms with Crippen LogP contribution in [-0.2, 0) is 0 Å². The Bertz CT molecular complexity index is 1260. The molecule has 5 nitrogen and oxygen atoms in total. The number of hydrogen-bond acceptors (Lipinski definition) is 4. The highest BCUT2D eigenvalue weighted by Crippen LogP contribution is 2.32. The van der Waals surface area contributed by atoms with Crippen LogP contribution in [0, 0.1) is 0 Å². The van der Waals surface area contributed by atoms with Crippen LogP contribution in [0.25, 0.3) is 33.3 Å². The summed E-state index contributed by atoms with van der Waals surface area (Å²) in [5.41, 5.74) is 4.43. The van der Waals surface area contributed by atoms with E-state index >= 15 is 0 Å². The van der Waals surface area contributed by atoms with E-state index in [2.05, 4.69) is 0 Å². The molecule has 1 N–H and O–H groups in total. The molecule has 1 heterocycles. The predicted octanol–water partition coefficient (Wildman–Crippen LogP) is 5.48. The monoisotopic (exact) mass is 397 g/mol. The van der Waals surface area contributed by atoms with E-state index < -0.39 is 5.97 Å². The van der Waals surface area contributed by atoms with Gasteiger partial charge in [0, 0.05) is 22.1 Å². The topological polar surface area (TPSA) is 76.5 Å². The summed E-state index contributed by atoms with van der Waals surface area (Å²) in [6.45, 7) is 1.52. The zero-order chi connectivity index (χ0) is 21.3. The number of ether oxygens (including phenoxy) is 1. The zero-order valence-corrected chi connectivity index (χ0v) is 16.5. The highest BCUT2D eigenvalue weighted by molar-refractivity contribution is 6.07. The maximum absolute atomic E-state index is 12.0. The number of carboxylic acids is 1. The summed E-state index contributed by atoms with van der Waals surface area (Å²) >= 11 is 0. The molecule has 0 aliphatic heterocycles. The van der Waals surface area contributed by atoms with Gasteiger partial charge in [-0.25, -0.2) is 9.78 Å². The molecule has 3 aromatic carbocycles. The van der Waals surface area contributed by atoms with Gasteiger partial charge in [-0.15, -0.1) is 0 Å². The van der Waals surface area contributed by atoms with Gasteiger partial charge in [0.15, 0.2) is 5.78 Å². The van der Waals surface area contributed by atoms with E-state index in [-0.39, 0.29) is 11.3 Å². The summed E-state index contributed by atoms with van der Waals surface area (Å²) in [5.74, 6) is -0.307. The third kappa shape index (κ3) is 3.53. The molecule has 0 unspecified atom stereocenters. The molecule has 0 aliphatic carbocycles. The molecular formula is C25H19NO4. The molecule has 4 aromatic rings. The molecule has 0 atom stereocenters. The number of carbonyl (C=O) groups is 2. The minimum absolute atomic E-state index is 0.00690. The number of ketones is 1. The number of benzene rings is 3. The predicted molar refractivity (Wildman–Crippen MR) is 116 cm³/mol. The van der Waals surface area contributed by atoms with E-state index in [4.69, 9.17) is 9.72 Å². The zero-order valence-electron chi connectivity index (χ0n) is 16.5. The number of fused-ring (bicyclic) bond motifs is 1. The minimum Gasteiger partial charge on any atom is -0.497 e. The molecule has 0 aliphatic rings. The lowest BCUT2D eigenvalue weighted by Gasteiger charge is -2.12. The van der Waals surface area contributed by atoms with E-state index in [1.54, 1.807) is 31.4 Å². The van der Waals surface area contributed by atoms with Gasteiger partial charge in [0.2, 0.25) is 0 Å². The standard InChI is InChI=1S/C25H19NO4/c1-15(27)16-6-8-17(9-7-16)20-4-3-5-21-22(25(28)29)14-23(26-24(20)21)18-10-12-19(30-2)13-11-18/h3-14H,1-2H3,(H,28,29). The molecule has 0 radical (unpaired) electrons. The van der Waals surface area contributed by atoms with Crippen LogP contribution >= 0.6 is 0 Å². The van der Waals surface area contributed by atoms with Crippen LogP contribution in [0.15, 0.2) is 72.8 Å².